The molecule has 5 rings (SSSR count). The van der Waals surface area contributed by atoms with E-state index >= 15 is 0 Å². The Bertz CT molecular complexity index is 1990. The average molecular weight is 834 g/mol. The second kappa shape index (κ2) is 15.0. The van der Waals surface area contributed by atoms with Crippen molar-refractivity contribution in [1.29, 1.82) is 0 Å². The maximum absolute atomic E-state index is 13.9. The van der Waals surface area contributed by atoms with Gasteiger partial charge in [-0.05, 0) is 129 Å². The number of sulfonamides is 1. The molecule has 0 amide bonds. The van der Waals surface area contributed by atoms with Gasteiger partial charge in [-0.3, -0.25) is 0 Å². The van der Waals surface area contributed by atoms with Crippen LogP contribution in [0.1, 0.15) is 88.0 Å². The van der Waals surface area contributed by atoms with Crippen LogP contribution in [0.3, 0.4) is 0 Å². The van der Waals surface area contributed by atoms with Crippen LogP contribution in [-0.4, -0.2) is 101 Å². The van der Waals surface area contributed by atoms with Gasteiger partial charge in [0.1, 0.15) is 21.3 Å². The van der Waals surface area contributed by atoms with Crippen LogP contribution >= 0.6 is 0 Å². The zero-order valence-electron chi connectivity index (χ0n) is 33.3. The SMILES string of the molecule is COc1ccc(B2OC(C)(C)C(C)(CC3C[C@@H](NS(=O)(=O)c4cc(B5OC(C)(C)C(C)(C)O5)ccc4OC(F)(F)F)CC[C@H]3O)O2)cc1S(=O)(=O)CC(C)(C)O. The van der Waals surface area contributed by atoms with Crippen LogP contribution in [0.4, 0.5) is 13.2 Å². The Morgan fingerprint density at radius 1 is 0.821 bits per heavy atom. The fourth-order valence-electron chi connectivity index (χ4n) is 7.28. The standard InChI is InChI=1S/C36H52B2F3NO12S2/c1-31(2,44)21-55(45,46)29-18-23(11-15-27(29)49-10)38-53-34(7,8)35(9,54-38)20-22-17-25(13-14-26(22)43)42-56(47,48)30-19-24(12-16-28(30)50-36(39,40)41)37-51-32(3,4)33(5,6)52-37/h11-12,15-16,18-19,22,25-26,42-44H,13-14,17,20-21H2,1-10H3/t22?,25-,26+,35?/m0/s1. The lowest BCUT2D eigenvalue weighted by Crippen LogP contribution is -2.50. The molecular weight excluding hydrogens is 781 g/mol. The molecule has 20 heteroatoms. The molecule has 56 heavy (non-hydrogen) atoms. The Morgan fingerprint density at radius 2 is 1.34 bits per heavy atom. The summed E-state index contributed by atoms with van der Waals surface area (Å²) >= 11 is 0. The average Bonchev–Trinajstić information content (AvgIpc) is 3.40. The van der Waals surface area contributed by atoms with Crippen molar-refractivity contribution < 1.29 is 68.3 Å². The smallest absolute Gasteiger partial charge is 0.495 e. The number of sulfone groups is 1. The Hall–Kier alpha value is -2.42. The molecule has 0 bridgehead atoms. The van der Waals surface area contributed by atoms with Crippen molar-refractivity contribution in [3.63, 3.8) is 0 Å². The highest BCUT2D eigenvalue weighted by Gasteiger charge is 2.56. The van der Waals surface area contributed by atoms with E-state index in [1.165, 1.54) is 39.2 Å². The highest BCUT2D eigenvalue weighted by Crippen LogP contribution is 2.45. The van der Waals surface area contributed by atoms with Crippen LogP contribution in [-0.2, 0) is 38.5 Å². The predicted octanol–water partition coefficient (Wildman–Crippen LogP) is 3.62. The summed E-state index contributed by atoms with van der Waals surface area (Å²) < 4.78 is 132. The van der Waals surface area contributed by atoms with Gasteiger partial charge in [-0.1, -0.05) is 12.1 Å². The van der Waals surface area contributed by atoms with Crippen LogP contribution in [0.5, 0.6) is 11.5 Å². The van der Waals surface area contributed by atoms with Crippen molar-refractivity contribution in [3.05, 3.63) is 36.4 Å². The second-order valence-corrected chi connectivity index (χ2v) is 20.9. The monoisotopic (exact) mass is 833 g/mol. The van der Waals surface area contributed by atoms with Crippen LogP contribution in [0.25, 0.3) is 0 Å². The highest BCUT2D eigenvalue weighted by molar-refractivity contribution is 7.91. The number of benzene rings is 2. The number of ether oxygens (including phenoxy) is 2. The summed E-state index contributed by atoms with van der Waals surface area (Å²) in [4.78, 5) is -0.905. The predicted molar refractivity (Wildman–Crippen MR) is 202 cm³/mol. The van der Waals surface area contributed by atoms with Crippen LogP contribution in [0.15, 0.2) is 46.2 Å². The number of methoxy groups -OCH3 is 1. The Balaban J connectivity index is 1.37. The van der Waals surface area contributed by atoms with Gasteiger partial charge >= 0.3 is 20.6 Å². The van der Waals surface area contributed by atoms with E-state index in [1.807, 2.05) is 0 Å². The van der Waals surface area contributed by atoms with E-state index < -0.39 is 103 Å². The molecule has 2 aromatic rings. The number of hydrogen-bond donors (Lipinski definition) is 3. The first-order chi connectivity index (χ1) is 25.4. The number of alkyl halides is 3. The first kappa shape index (κ1) is 44.7. The molecule has 2 saturated heterocycles. The summed E-state index contributed by atoms with van der Waals surface area (Å²) in [5.74, 6) is -1.97. The summed E-state index contributed by atoms with van der Waals surface area (Å²) in [6.07, 6.45) is -5.40. The number of aliphatic hydroxyl groups is 2. The van der Waals surface area contributed by atoms with E-state index in [9.17, 15) is 40.2 Å². The molecule has 2 heterocycles. The molecule has 13 nitrogen and oxygen atoms in total. The third kappa shape index (κ3) is 9.54. The molecule has 3 N–H and O–H groups in total. The van der Waals surface area contributed by atoms with Crippen LogP contribution < -0.4 is 25.1 Å². The quantitative estimate of drug-likeness (QED) is 0.266. The summed E-state index contributed by atoms with van der Waals surface area (Å²) in [5, 5.41) is 21.4. The molecule has 1 saturated carbocycles. The fraction of sp³-hybridized carbons (Fsp3) is 0.667. The first-order valence-corrected chi connectivity index (χ1v) is 21.5. The van der Waals surface area contributed by atoms with Gasteiger partial charge in [0.25, 0.3) is 0 Å². The number of aliphatic hydroxyl groups excluding tert-OH is 1. The van der Waals surface area contributed by atoms with Crippen molar-refractivity contribution >= 4 is 45.0 Å². The van der Waals surface area contributed by atoms with Gasteiger partial charge in [0.15, 0.2) is 9.84 Å². The first-order valence-electron chi connectivity index (χ1n) is 18.3. The van der Waals surface area contributed by atoms with Gasteiger partial charge in [0.2, 0.25) is 10.0 Å². The Kier molecular flexibility index (Phi) is 12.0. The topological polar surface area (TPSA) is 176 Å². The minimum absolute atomic E-state index is 0.0776. The van der Waals surface area contributed by atoms with Crippen molar-refractivity contribution in [1.82, 2.24) is 4.72 Å². The molecule has 312 valence electrons. The molecule has 3 aliphatic rings. The third-order valence-corrected chi connectivity index (χ3v) is 14.9. The zero-order chi connectivity index (χ0) is 42.1. The summed E-state index contributed by atoms with van der Waals surface area (Å²) in [5.41, 5.74) is -4.68. The Labute approximate surface area is 328 Å². The number of halogens is 3. The lowest BCUT2D eigenvalue weighted by molar-refractivity contribution is -0.275. The van der Waals surface area contributed by atoms with E-state index in [0.29, 0.717) is 5.46 Å². The molecule has 0 spiro atoms. The molecule has 2 aliphatic heterocycles. The molecule has 0 aromatic heterocycles. The molecule has 3 fully saturated rings. The number of hydrogen-bond acceptors (Lipinski definition) is 12. The van der Waals surface area contributed by atoms with Crippen molar-refractivity contribution in [3.8, 4) is 11.5 Å². The van der Waals surface area contributed by atoms with E-state index in [-0.39, 0.29) is 41.8 Å². The van der Waals surface area contributed by atoms with E-state index in [2.05, 4.69) is 9.46 Å². The van der Waals surface area contributed by atoms with Crippen molar-refractivity contribution in [2.45, 2.75) is 144 Å². The molecule has 4 atom stereocenters. The van der Waals surface area contributed by atoms with E-state index in [4.69, 9.17) is 23.4 Å². The van der Waals surface area contributed by atoms with Gasteiger partial charge in [-0.2, -0.15) is 0 Å². The zero-order valence-corrected chi connectivity index (χ0v) is 34.9. The highest BCUT2D eigenvalue weighted by atomic mass is 32.2. The maximum atomic E-state index is 13.9. The van der Waals surface area contributed by atoms with Gasteiger partial charge in [-0.15, -0.1) is 13.2 Å². The van der Waals surface area contributed by atoms with Gasteiger partial charge < -0.3 is 38.3 Å². The van der Waals surface area contributed by atoms with E-state index in [0.717, 1.165) is 12.1 Å². The van der Waals surface area contributed by atoms with Gasteiger partial charge in [-0.25, -0.2) is 21.6 Å². The summed E-state index contributed by atoms with van der Waals surface area (Å²) in [6.45, 7) is 15.3. The molecular formula is C36H52B2F3NO12S2. The molecule has 0 radical (unpaired) electrons. The third-order valence-electron chi connectivity index (χ3n) is 11.3. The maximum Gasteiger partial charge on any atom is 0.573 e. The molecule has 2 aromatic carbocycles. The number of nitrogens with one attached hydrogen (secondary N) is 1. The van der Waals surface area contributed by atoms with Crippen molar-refractivity contribution in [2.75, 3.05) is 12.9 Å². The minimum atomic E-state index is -5.18. The van der Waals surface area contributed by atoms with Crippen LogP contribution in [0.2, 0.25) is 0 Å². The largest absolute Gasteiger partial charge is 0.573 e. The van der Waals surface area contributed by atoms with Crippen molar-refractivity contribution in [2.24, 2.45) is 5.92 Å². The fourth-order valence-corrected chi connectivity index (χ4v) is 10.6. The minimum Gasteiger partial charge on any atom is -0.495 e. The molecule has 1 aliphatic carbocycles. The van der Waals surface area contributed by atoms with E-state index in [1.54, 1.807) is 54.5 Å². The second-order valence-electron chi connectivity index (χ2n) is 17.3. The lowest BCUT2D eigenvalue weighted by Gasteiger charge is -2.42. The van der Waals surface area contributed by atoms with Gasteiger partial charge in [0.05, 0.1) is 47.0 Å². The Morgan fingerprint density at radius 3 is 1.88 bits per heavy atom. The lowest BCUT2D eigenvalue weighted by atomic mass is 9.73. The molecule has 2 unspecified atom stereocenters. The van der Waals surface area contributed by atoms with Crippen LogP contribution in [0, 0.1) is 5.92 Å². The number of rotatable bonds is 12. The summed E-state index contributed by atoms with van der Waals surface area (Å²) in [7, 11) is -9.46. The van der Waals surface area contributed by atoms with Gasteiger partial charge in [0, 0.05) is 6.04 Å². The summed E-state index contributed by atoms with van der Waals surface area (Å²) in [6, 6.07) is 6.90. The normalized spacial score (nSPS) is 26.7.